The molecule has 0 bridgehead atoms. The van der Waals surface area contributed by atoms with E-state index in [2.05, 4.69) is 26.5 Å². The summed E-state index contributed by atoms with van der Waals surface area (Å²) < 4.78 is 19.2. The molecule has 2 aromatic carbocycles. The largest absolute Gasteiger partial charge is 0.457 e. The van der Waals surface area contributed by atoms with Gasteiger partial charge in [0.15, 0.2) is 5.65 Å². The molecule has 0 atom stereocenters. The van der Waals surface area contributed by atoms with Crippen molar-refractivity contribution in [2.75, 3.05) is 51.8 Å². The molecule has 1 aliphatic rings. The molecule has 3 heterocycles. The lowest BCUT2D eigenvalue weighted by Crippen LogP contribution is -2.37. The van der Waals surface area contributed by atoms with Crippen LogP contribution in [0.1, 0.15) is 46.1 Å². The van der Waals surface area contributed by atoms with Crippen LogP contribution in [0.4, 0.5) is 5.82 Å². The second-order valence-corrected chi connectivity index (χ2v) is 9.49. The molecule has 5 rings (SSSR count). The Morgan fingerprint density at radius 3 is 2.23 bits per heavy atom. The number of fused-ring (bicyclic) bond motifs is 1. The molecule has 214 valence electrons. The molecule has 2 N–H and O–H groups in total. The summed E-state index contributed by atoms with van der Waals surface area (Å²) in [5.41, 5.74) is 8.87. The van der Waals surface area contributed by atoms with Crippen LogP contribution in [-0.2, 0) is 9.47 Å². The minimum absolute atomic E-state index is 0.251. The van der Waals surface area contributed by atoms with Crippen LogP contribution in [-0.4, -0.2) is 70.7 Å². The number of aromatic nitrogens is 4. The third kappa shape index (κ3) is 7.56. The van der Waals surface area contributed by atoms with Gasteiger partial charge in [-0.15, -0.1) is 0 Å². The van der Waals surface area contributed by atoms with Gasteiger partial charge in [0.25, 0.3) is 0 Å². The van der Waals surface area contributed by atoms with Gasteiger partial charge in [-0.3, -0.25) is 0 Å². The fourth-order valence-electron chi connectivity index (χ4n) is 4.81. The average Bonchev–Trinajstić information content (AvgIpc) is 3.40. The average molecular weight is 547 g/mol. The molecule has 1 fully saturated rings. The van der Waals surface area contributed by atoms with Crippen LogP contribution in [0.25, 0.3) is 22.3 Å². The van der Waals surface area contributed by atoms with Crippen molar-refractivity contribution >= 4 is 16.9 Å². The zero-order chi connectivity index (χ0) is 28.2. The van der Waals surface area contributed by atoms with E-state index in [1.54, 1.807) is 0 Å². The molecule has 0 aliphatic carbocycles. The van der Waals surface area contributed by atoms with E-state index in [0.29, 0.717) is 19.0 Å². The lowest BCUT2D eigenvalue weighted by molar-refractivity contribution is 0.0349. The van der Waals surface area contributed by atoms with E-state index >= 15 is 0 Å². The van der Waals surface area contributed by atoms with Gasteiger partial charge in [-0.1, -0.05) is 39.0 Å². The minimum atomic E-state index is 0.251. The van der Waals surface area contributed by atoms with E-state index in [4.69, 9.17) is 25.0 Å². The highest BCUT2D eigenvalue weighted by Crippen LogP contribution is 2.35. The summed E-state index contributed by atoms with van der Waals surface area (Å²) in [7, 11) is 0. The summed E-state index contributed by atoms with van der Waals surface area (Å²) in [6.45, 7) is 11.9. The first-order valence-electron chi connectivity index (χ1n) is 14.4. The molecular weight excluding hydrogens is 504 g/mol. The van der Waals surface area contributed by atoms with Gasteiger partial charge in [0.05, 0.1) is 31.2 Å². The molecule has 40 heavy (non-hydrogen) atoms. The van der Waals surface area contributed by atoms with Gasteiger partial charge in [-0.25, -0.2) is 14.6 Å². The van der Waals surface area contributed by atoms with Crippen LogP contribution >= 0.6 is 0 Å². The van der Waals surface area contributed by atoms with E-state index in [1.165, 1.54) is 6.33 Å². The van der Waals surface area contributed by atoms with Crippen molar-refractivity contribution in [3.63, 3.8) is 0 Å². The van der Waals surface area contributed by atoms with Crippen molar-refractivity contribution in [2.45, 2.75) is 46.1 Å². The fourth-order valence-corrected chi connectivity index (χ4v) is 4.81. The van der Waals surface area contributed by atoms with Crippen molar-refractivity contribution in [1.82, 2.24) is 24.6 Å². The van der Waals surface area contributed by atoms with E-state index < -0.39 is 0 Å². The van der Waals surface area contributed by atoms with Crippen LogP contribution in [0, 0.1) is 0 Å². The van der Waals surface area contributed by atoms with E-state index in [1.807, 2.05) is 68.4 Å². The number of piperidine rings is 1. The van der Waals surface area contributed by atoms with Gasteiger partial charge < -0.3 is 24.8 Å². The standard InChI is InChI=1S/C29H36N6O3.C2H6/c1-2-17-36-19-20-37-18-16-34-14-12-23(13-15-34)35-29-26(28(30)31-21-32-29)27(33-35)22-8-10-25(11-9-22)38-24-6-4-3-5-7-24;1-2/h3-11,21,23H,2,12-20H2,1H3,(H2,30,31,32);1-2H3. The zero-order valence-electron chi connectivity index (χ0n) is 24.0. The summed E-state index contributed by atoms with van der Waals surface area (Å²) in [6.07, 6.45) is 4.54. The monoisotopic (exact) mass is 546 g/mol. The topological polar surface area (TPSA) is 101 Å². The molecule has 0 radical (unpaired) electrons. The van der Waals surface area contributed by atoms with Gasteiger partial charge in [0, 0.05) is 31.8 Å². The Kier molecular flexibility index (Phi) is 11.3. The summed E-state index contributed by atoms with van der Waals surface area (Å²) in [6, 6.07) is 17.9. The fraction of sp³-hybridized carbons (Fsp3) is 0.452. The Balaban J connectivity index is 0.00000181. The second kappa shape index (κ2) is 15.3. The van der Waals surface area contributed by atoms with Crippen LogP contribution in [0.2, 0.25) is 0 Å². The predicted octanol–water partition coefficient (Wildman–Crippen LogP) is 5.97. The molecule has 0 amide bonds. The van der Waals surface area contributed by atoms with Crippen LogP contribution in [0.3, 0.4) is 0 Å². The molecule has 1 saturated heterocycles. The van der Waals surface area contributed by atoms with Crippen molar-refractivity contribution in [3.8, 4) is 22.8 Å². The first kappa shape index (κ1) is 29.5. The van der Waals surface area contributed by atoms with Crippen molar-refractivity contribution in [1.29, 1.82) is 0 Å². The van der Waals surface area contributed by atoms with Gasteiger partial charge in [0.2, 0.25) is 0 Å². The molecule has 1 aliphatic heterocycles. The summed E-state index contributed by atoms with van der Waals surface area (Å²) in [4.78, 5) is 11.3. The third-order valence-electron chi connectivity index (χ3n) is 6.80. The number of likely N-dealkylation sites (tertiary alicyclic amines) is 1. The summed E-state index contributed by atoms with van der Waals surface area (Å²) >= 11 is 0. The first-order valence-corrected chi connectivity index (χ1v) is 14.4. The summed E-state index contributed by atoms with van der Waals surface area (Å²) in [5, 5.41) is 5.83. The Bertz CT molecular complexity index is 1290. The second-order valence-electron chi connectivity index (χ2n) is 9.49. The lowest BCUT2D eigenvalue weighted by Gasteiger charge is -2.32. The first-order chi connectivity index (χ1) is 19.7. The third-order valence-corrected chi connectivity index (χ3v) is 6.80. The molecule has 2 aromatic heterocycles. The maximum atomic E-state index is 6.34. The molecule has 4 aromatic rings. The maximum Gasteiger partial charge on any atom is 0.164 e. The van der Waals surface area contributed by atoms with Gasteiger partial charge in [-0.05, 0) is 55.7 Å². The molecule has 9 nitrogen and oxygen atoms in total. The number of hydrogen-bond acceptors (Lipinski definition) is 8. The van der Waals surface area contributed by atoms with Crippen LogP contribution < -0.4 is 10.5 Å². The number of nitrogen functional groups attached to an aromatic ring is 1. The molecule has 0 unspecified atom stereocenters. The Labute approximate surface area is 237 Å². The van der Waals surface area contributed by atoms with Crippen molar-refractivity contribution in [3.05, 3.63) is 60.9 Å². The smallest absolute Gasteiger partial charge is 0.164 e. The lowest BCUT2D eigenvalue weighted by atomic mass is 10.1. The highest BCUT2D eigenvalue weighted by atomic mass is 16.5. The number of benzene rings is 2. The molecule has 0 spiro atoms. The zero-order valence-corrected chi connectivity index (χ0v) is 24.0. The van der Waals surface area contributed by atoms with Gasteiger partial charge in [-0.2, -0.15) is 5.10 Å². The number of rotatable bonds is 12. The number of ether oxygens (including phenoxy) is 3. The summed E-state index contributed by atoms with van der Waals surface area (Å²) in [5.74, 6) is 2.00. The Hall–Kier alpha value is -3.53. The predicted molar refractivity (Wildman–Crippen MR) is 160 cm³/mol. The number of nitrogens with zero attached hydrogens (tertiary/aromatic N) is 5. The quantitative estimate of drug-likeness (QED) is 0.217. The molecule has 9 heteroatoms. The Morgan fingerprint density at radius 1 is 0.850 bits per heavy atom. The number of para-hydroxylation sites is 1. The van der Waals surface area contributed by atoms with Crippen molar-refractivity contribution < 1.29 is 14.2 Å². The normalized spacial score (nSPS) is 14.2. The van der Waals surface area contributed by atoms with E-state index in [-0.39, 0.29) is 6.04 Å². The van der Waals surface area contributed by atoms with Crippen LogP contribution in [0.15, 0.2) is 60.9 Å². The van der Waals surface area contributed by atoms with E-state index in [0.717, 1.165) is 85.9 Å². The minimum Gasteiger partial charge on any atom is -0.457 e. The number of hydrogen-bond donors (Lipinski definition) is 1. The molecule has 0 saturated carbocycles. The number of anilines is 1. The SMILES string of the molecule is CC.CCCOCCOCCN1CCC(n2nc(-c3ccc(Oc4ccccc4)cc3)c3c(N)ncnc32)CC1. The van der Waals surface area contributed by atoms with Crippen LogP contribution in [0.5, 0.6) is 11.5 Å². The Morgan fingerprint density at radius 2 is 1.52 bits per heavy atom. The van der Waals surface area contributed by atoms with Gasteiger partial charge >= 0.3 is 0 Å². The van der Waals surface area contributed by atoms with Gasteiger partial charge in [0.1, 0.15) is 29.3 Å². The molecular formula is C31H42N6O3. The maximum absolute atomic E-state index is 6.34. The van der Waals surface area contributed by atoms with E-state index in [9.17, 15) is 0 Å². The van der Waals surface area contributed by atoms with Crippen molar-refractivity contribution in [2.24, 2.45) is 0 Å². The highest BCUT2D eigenvalue weighted by molar-refractivity contribution is 5.98. The highest BCUT2D eigenvalue weighted by Gasteiger charge is 2.26. The number of nitrogens with two attached hydrogens (primary N) is 1.